The standard InChI is InChI=1S/C12H13NO3S/c1-13(2)5-9-7-3-4-8-11(16-6-15-8)10(7)12(14)17-9/h3-4,9H,5-6H2,1-2H3. The van der Waals surface area contributed by atoms with Gasteiger partial charge in [-0.2, -0.15) is 0 Å². The highest BCUT2D eigenvalue weighted by Gasteiger charge is 2.36. The maximum absolute atomic E-state index is 12.0. The Bertz CT molecular complexity index is 487. The summed E-state index contributed by atoms with van der Waals surface area (Å²) < 4.78 is 10.7. The van der Waals surface area contributed by atoms with E-state index in [9.17, 15) is 4.79 Å². The van der Waals surface area contributed by atoms with E-state index in [-0.39, 0.29) is 17.2 Å². The zero-order valence-corrected chi connectivity index (χ0v) is 10.5. The zero-order valence-electron chi connectivity index (χ0n) is 9.73. The van der Waals surface area contributed by atoms with Crippen molar-refractivity contribution in [3.8, 4) is 11.5 Å². The number of rotatable bonds is 2. The van der Waals surface area contributed by atoms with Crippen molar-refractivity contribution in [2.45, 2.75) is 5.25 Å². The van der Waals surface area contributed by atoms with E-state index in [1.165, 1.54) is 11.8 Å². The molecule has 2 aliphatic rings. The van der Waals surface area contributed by atoms with Crippen molar-refractivity contribution in [3.63, 3.8) is 0 Å². The number of carbonyl (C=O) groups excluding carboxylic acids is 1. The summed E-state index contributed by atoms with van der Waals surface area (Å²) in [4.78, 5) is 14.1. The van der Waals surface area contributed by atoms with Gasteiger partial charge in [-0.15, -0.1) is 0 Å². The Morgan fingerprint density at radius 3 is 3.00 bits per heavy atom. The molecule has 0 saturated carbocycles. The first-order valence-electron chi connectivity index (χ1n) is 5.45. The molecule has 2 aliphatic heterocycles. The molecule has 0 amide bonds. The molecule has 0 bridgehead atoms. The first kappa shape index (κ1) is 10.9. The van der Waals surface area contributed by atoms with E-state index < -0.39 is 0 Å². The molecule has 5 heteroatoms. The summed E-state index contributed by atoms with van der Waals surface area (Å²) in [5, 5.41) is 0.288. The Balaban J connectivity index is 2.04. The average Bonchev–Trinajstić information content (AvgIpc) is 2.82. The number of hydrogen-bond acceptors (Lipinski definition) is 5. The van der Waals surface area contributed by atoms with Gasteiger partial charge in [-0.25, -0.2) is 0 Å². The molecule has 2 heterocycles. The van der Waals surface area contributed by atoms with Crippen molar-refractivity contribution in [2.75, 3.05) is 27.4 Å². The van der Waals surface area contributed by atoms with Crippen LogP contribution in [-0.4, -0.2) is 37.4 Å². The molecule has 0 N–H and O–H groups in total. The van der Waals surface area contributed by atoms with E-state index in [4.69, 9.17) is 9.47 Å². The van der Waals surface area contributed by atoms with E-state index >= 15 is 0 Å². The molecule has 1 atom stereocenters. The number of likely N-dealkylation sites (N-methyl/N-ethyl adjacent to an activating group) is 1. The Labute approximate surface area is 104 Å². The molecule has 1 unspecified atom stereocenters. The SMILES string of the molecule is CN(C)CC1SC(=O)c2c1ccc1c2OCO1. The highest BCUT2D eigenvalue weighted by molar-refractivity contribution is 8.14. The van der Waals surface area contributed by atoms with Crippen molar-refractivity contribution >= 4 is 16.9 Å². The van der Waals surface area contributed by atoms with Crippen molar-refractivity contribution < 1.29 is 14.3 Å². The molecule has 1 aromatic rings. The highest BCUT2D eigenvalue weighted by atomic mass is 32.2. The third kappa shape index (κ3) is 1.70. The minimum Gasteiger partial charge on any atom is -0.454 e. The first-order valence-corrected chi connectivity index (χ1v) is 6.33. The van der Waals surface area contributed by atoms with Gasteiger partial charge in [-0.1, -0.05) is 17.8 Å². The molecule has 0 aliphatic carbocycles. The van der Waals surface area contributed by atoms with Crippen LogP contribution in [0.3, 0.4) is 0 Å². The van der Waals surface area contributed by atoms with Gasteiger partial charge in [0.25, 0.3) is 0 Å². The summed E-state index contributed by atoms with van der Waals surface area (Å²) in [6.07, 6.45) is 0. The van der Waals surface area contributed by atoms with Gasteiger partial charge in [-0.3, -0.25) is 4.79 Å². The number of nitrogens with zero attached hydrogens (tertiary/aromatic N) is 1. The van der Waals surface area contributed by atoms with Gasteiger partial charge in [0, 0.05) is 6.54 Å². The van der Waals surface area contributed by atoms with E-state index in [0.29, 0.717) is 17.1 Å². The van der Waals surface area contributed by atoms with E-state index in [1.54, 1.807) is 0 Å². The van der Waals surface area contributed by atoms with Crippen LogP contribution in [0.15, 0.2) is 12.1 Å². The van der Waals surface area contributed by atoms with Crippen LogP contribution in [0.4, 0.5) is 0 Å². The van der Waals surface area contributed by atoms with Crippen LogP contribution >= 0.6 is 11.8 Å². The number of carbonyl (C=O) groups is 1. The number of hydrogen-bond donors (Lipinski definition) is 0. The molecule has 17 heavy (non-hydrogen) atoms. The maximum Gasteiger partial charge on any atom is 0.231 e. The summed E-state index contributed by atoms with van der Waals surface area (Å²) in [6, 6.07) is 3.87. The fourth-order valence-electron chi connectivity index (χ4n) is 2.19. The lowest BCUT2D eigenvalue weighted by molar-refractivity contribution is 0.108. The van der Waals surface area contributed by atoms with Crippen molar-refractivity contribution in [1.82, 2.24) is 4.90 Å². The summed E-state index contributed by atoms with van der Waals surface area (Å²) in [5.41, 5.74) is 1.77. The first-order chi connectivity index (χ1) is 8.16. The summed E-state index contributed by atoms with van der Waals surface area (Å²) in [5.74, 6) is 1.31. The van der Waals surface area contributed by atoms with Crippen LogP contribution in [0.2, 0.25) is 0 Å². The Kier molecular flexibility index (Phi) is 2.52. The summed E-state index contributed by atoms with van der Waals surface area (Å²) >= 11 is 1.37. The predicted octanol–water partition coefficient (Wildman–Crippen LogP) is 1.91. The lowest BCUT2D eigenvalue weighted by Crippen LogP contribution is -2.17. The second kappa shape index (κ2) is 3.92. The second-order valence-corrected chi connectivity index (χ2v) is 5.60. The zero-order chi connectivity index (χ0) is 12.0. The van der Waals surface area contributed by atoms with Gasteiger partial charge in [0.15, 0.2) is 11.5 Å². The average molecular weight is 251 g/mol. The van der Waals surface area contributed by atoms with Crippen LogP contribution in [-0.2, 0) is 0 Å². The Morgan fingerprint density at radius 1 is 1.41 bits per heavy atom. The third-order valence-electron chi connectivity index (χ3n) is 2.90. The predicted molar refractivity (Wildman–Crippen MR) is 65.8 cm³/mol. The lowest BCUT2D eigenvalue weighted by Gasteiger charge is -2.15. The fraction of sp³-hybridized carbons (Fsp3) is 0.417. The van der Waals surface area contributed by atoms with Crippen molar-refractivity contribution in [2.24, 2.45) is 0 Å². The monoisotopic (exact) mass is 251 g/mol. The topological polar surface area (TPSA) is 38.8 Å². The van der Waals surface area contributed by atoms with Crippen LogP contribution < -0.4 is 9.47 Å². The van der Waals surface area contributed by atoms with E-state index in [1.807, 2.05) is 26.2 Å². The van der Waals surface area contributed by atoms with Crippen LogP contribution in [0.25, 0.3) is 0 Å². The minimum absolute atomic E-state index is 0.0919. The Morgan fingerprint density at radius 2 is 2.24 bits per heavy atom. The molecule has 4 nitrogen and oxygen atoms in total. The summed E-state index contributed by atoms with van der Waals surface area (Å²) in [6.45, 7) is 1.06. The largest absolute Gasteiger partial charge is 0.454 e. The quantitative estimate of drug-likeness (QED) is 0.802. The normalized spacial score (nSPS) is 21.1. The van der Waals surface area contributed by atoms with Crippen molar-refractivity contribution in [1.29, 1.82) is 0 Å². The number of fused-ring (bicyclic) bond motifs is 3. The lowest BCUT2D eigenvalue weighted by atomic mass is 10.0. The third-order valence-corrected chi connectivity index (χ3v) is 4.01. The van der Waals surface area contributed by atoms with Crippen LogP contribution in [0.5, 0.6) is 11.5 Å². The van der Waals surface area contributed by atoms with Crippen molar-refractivity contribution in [3.05, 3.63) is 23.3 Å². The maximum atomic E-state index is 12.0. The number of ether oxygens (including phenoxy) is 2. The second-order valence-electron chi connectivity index (χ2n) is 4.42. The number of thioether (sulfide) groups is 1. The van der Waals surface area contributed by atoms with Gasteiger partial charge in [0.1, 0.15) is 0 Å². The number of benzene rings is 1. The Hall–Kier alpha value is -1.20. The molecule has 0 fully saturated rings. The summed E-state index contributed by atoms with van der Waals surface area (Å²) in [7, 11) is 4.02. The van der Waals surface area contributed by atoms with E-state index in [2.05, 4.69) is 4.90 Å². The molecule has 0 saturated heterocycles. The molecule has 0 spiro atoms. The van der Waals surface area contributed by atoms with Gasteiger partial charge in [0.2, 0.25) is 11.9 Å². The van der Waals surface area contributed by atoms with Gasteiger partial charge >= 0.3 is 0 Å². The fourth-order valence-corrected chi connectivity index (χ4v) is 3.47. The molecule has 3 rings (SSSR count). The van der Waals surface area contributed by atoms with Crippen LogP contribution in [0.1, 0.15) is 21.2 Å². The van der Waals surface area contributed by atoms with Gasteiger partial charge in [0.05, 0.1) is 10.8 Å². The highest BCUT2D eigenvalue weighted by Crippen LogP contribution is 2.49. The van der Waals surface area contributed by atoms with E-state index in [0.717, 1.165) is 12.1 Å². The molecule has 0 aromatic heterocycles. The van der Waals surface area contributed by atoms with Gasteiger partial charge in [-0.05, 0) is 25.7 Å². The molecule has 1 aromatic carbocycles. The molecule has 90 valence electrons. The molecule has 0 radical (unpaired) electrons. The molecular weight excluding hydrogens is 238 g/mol. The molecular formula is C12H13NO3S. The minimum atomic E-state index is 0.0919. The van der Waals surface area contributed by atoms with Crippen LogP contribution in [0, 0.1) is 0 Å². The smallest absolute Gasteiger partial charge is 0.231 e. The van der Waals surface area contributed by atoms with Gasteiger partial charge < -0.3 is 14.4 Å².